The zero-order chi connectivity index (χ0) is 41.0. The van der Waals surface area contributed by atoms with E-state index in [1.165, 1.54) is 128 Å². The first kappa shape index (κ1) is 51.2. The van der Waals surface area contributed by atoms with Crippen LogP contribution in [0.2, 0.25) is 0 Å². The van der Waals surface area contributed by atoms with Crippen molar-refractivity contribution in [2.75, 3.05) is 52.9 Å². The van der Waals surface area contributed by atoms with Crippen LogP contribution in [0.4, 0.5) is 0 Å². The Morgan fingerprint density at radius 1 is 0.649 bits per heavy atom. The number of rotatable bonds is 35. The molecule has 2 fully saturated rings. The Morgan fingerprint density at radius 2 is 1.16 bits per heavy atom. The lowest BCUT2D eigenvalue weighted by Gasteiger charge is -2.36. The number of nitrogens with one attached hydrogen (secondary N) is 1. The molecule has 1 N–H and O–H groups in total. The van der Waals surface area contributed by atoms with Crippen LogP contribution in [-0.2, 0) is 19.1 Å². The van der Waals surface area contributed by atoms with Crippen LogP contribution in [0.25, 0.3) is 0 Å². The van der Waals surface area contributed by atoms with E-state index in [0.29, 0.717) is 19.4 Å². The first-order valence-corrected chi connectivity index (χ1v) is 24.8. The number of unbranched alkanes of at least 4 members (excludes halogenated alkanes) is 21. The molecule has 57 heavy (non-hydrogen) atoms. The number of amides is 2. The van der Waals surface area contributed by atoms with Crippen molar-refractivity contribution in [3.63, 3.8) is 0 Å². The summed E-state index contributed by atoms with van der Waals surface area (Å²) in [5, 5.41) is 3.40. The van der Waals surface area contributed by atoms with Gasteiger partial charge in [0.15, 0.2) is 6.61 Å². The van der Waals surface area contributed by atoms with Gasteiger partial charge in [-0.1, -0.05) is 180 Å². The zero-order valence-corrected chi connectivity index (χ0v) is 37.9. The molecule has 0 bridgehead atoms. The maximum Gasteiger partial charge on any atom is 0.306 e. The molecule has 1 heterocycles. The van der Waals surface area contributed by atoms with Gasteiger partial charge in [0.2, 0.25) is 5.91 Å². The van der Waals surface area contributed by atoms with Crippen LogP contribution in [0.3, 0.4) is 0 Å². The molecule has 2 amide bonds. The second-order valence-electron chi connectivity index (χ2n) is 17.8. The highest BCUT2D eigenvalue weighted by Gasteiger charge is 2.32. The van der Waals surface area contributed by atoms with Crippen molar-refractivity contribution in [1.29, 1.82) is 0 Å². The van der Waals surface area contributed by atoms with Crippen molar-refractivity contribution < 1.29 is 19.1 Å². The van der Waals surface area contributed by atoms with Gasteiger partial charge in [-0.25, -0.2) is 0 Å². The first-order chi connectivity index (χ1) is 27.9. The van der Waals surface area contributed by atoms with Gasteiger partial charge in [-0.05, 0) is 52.0 Å². The summed E-state index contributed by atoms with van der Waals surface area (Å²) in [5.41, 5.74) is 0. The monoisotopic (exact) mass is 801 g/mol. The molecule has 1 unspecified atom stereocenters. The lowest BCUT2D eigenvalue weighted by atomic mass is 10.0. The van der Waals surface area contributed by atoms with Crippen LogP contribution in [-0.4, -0.2) is 97.5 Å². The Balaban J connectivity index is 1.88. The van der Waals surface area contributed by atoms with Crippen LogP contribution in [0.1, 0.15) is 219 Å². The Bertz CT molecular complexity index is 1010. The van der Waals surface area contributed by atoms with Gasteiger partial charge in [-0.15, -0.1) is 0 Å². The third-order valence-electron chi connectivity index (χ3n) is 12.5. The topological polar surface area (TPSA) is 82.2 Å². The summed E-state index contributed by atoms with van der Waals surface area (Å²) in [6.07, 6.45) is 42.0. The number of carbonyl (C=O) groups is 3. The molecule has 1 saturated carbocycles. The minimum absolute atomic E-state index is 0.0149. The van der Waals surface area contributed by atoms with Gasteiger partial charge in [0.1, 0.15) is 6.04 Å². The number of ether oxygens (including phenoxy) is 1. The fraction of sp³-hybridized carbons (Fsp3) is 0.898. The molecular weight excluding hydrogens is 709 g/mol. The summed E-state index contributed by atoms with van der Waals surface area (Å²) in [7, 11) is 2.15. The zero-order valence-electron chi connectivity index (χ0n) is 37.9. The number of nitrogens with zero attached hydrogens (tertiary/aromatic N) is 3. The third kappa shape index (κ3) is 27.5. The van der Waals surface area contributed by atoms with Crippen molar-refractivity contribution in [3.05, 3.63) is 12.2 Å². The van der Waals surface area contributed by atoms with E-state index in [-0.39, 0.29) is 30.4 Å². The highest BCUT2D eigenvalue weighted by atomic mass is 16.5. The average molecular weight is 801 g/mol. The summed E-state index contributed by atoms with van der Waals surface area (Å²) in [4.78, 5) is 47.5. The molecule has 0 aromatic heterocycles. The predicted octanol–water partition coefficient (Wildman–Crippen LogP) is 11.6. The van der Waals surface area contributed by atoms with Crippen LogP contribution < -0.4 is 5.32 Å². The normalized spacial score (nSPS) is 16.5. The first-order valence-electron chi connectivity index (χ1n) is 24.8. The SMILES string of the molecule is CCCC/C=C\CCCCCCCCCC(C(=O)NC1CCCCCC1)N(CCN1CCN(C)CC1)C(=O)COC(=O)CCCCCCCCCCCCCCC. The van der Waals surface area contributed by atoms with E-state index in [1.807, 2.05) is 0 Å². The van der Waals surface area contributed by atoms with Gasteiger partial charge in [0, 0.05) is 51.7 Å². The third-order valence-corrected chi connectivity index (χ3v) is 12.5. The number of hydrogen-bond donors (Lipinski definition) is 1. The highest BCUT2D eigenvalue weighted by Crippen LogP contribution is 2.20. The Kier molecular flexibility index (Phi) is 32.3. The van der Waals surface area contributed by atoms with Gasteiger partial charge in [0.05, 0.1) is 0 Å². The maximum absolute atomic E-state index is 14.2. The van der Waals surface area contributed by atoms with Gasteiger partial charge < -0.3 is 19.9 Å². The predicted molar refractivity (Wildman–Crippen MR) is 241 cm³/mol. The second-order valence-corrected chi connectivity index (χ2v) is 17.8. The standard InChI is InChI=1S/C49H92N4O4/c1-4-6-8-10-12-14-16-18-20-22-24-26-32-36-46(49(56)50-45-34-30-28-29-31-35-45)53(43-42-52-40-38-51(3)39-41-52)47(54)44-57-48(55)37-33-27-25-23-21-19-17-15-13-11-9-7-5-2/h10,12,45-46H,4-9,11,13-44H2,1-3H3,(H,50,56)/b12-10-. The molecule has 0 spiro atoms. The van der Waals surface area contributed by atoms with E-state index in [9.17, 15) is 14.4 Å². The Hall–Kier alpha value is -1.93. The molecule has 8 nitrogen and oxygen atoms in total. The number of carbonyl (C=O) groups excluding carboxylic acids is 3. The van der Waals surface area contributed by atoms with E-state index in [1.54, 1.807) is 4.90 Å². The molecule has 8 heteroatoms. The summed E-state index contributed by atoms with van der Waals surface area (Å²) in [6, 6.07) is -0.357. The van der Waals surface area contributed by atoms with Crippen LogP contribution in [0, 0.1) is 0 Å². The van der Waals surface area contributed by atoms with Crippen molar-refractivity contribution >= 4 is 17.8 Å². The van der Waals surface area contributed by atoms with Crippen molar-refractivity contribution in [3.8, 4) is 0 Å². The van der Waals surface area contributed by atoms with E-state index >= 15 is 0 Å². The second kappa shape index (κ2) is 36.0. The van der Waals surface area contributed by atoms with Gasteiger partial charge in [0.25, 0.3) is 5.91 Å². The molecule has 2 aliphatic rings. The maximum atomic E-state index is 14.2. The minimum atomic E-state index is -0.535. The lowest BCUT2D eigenvalue weighted by Crippen LogP contribution is -2.55. The molecule has 1 atom stereocenters. The van der Waals surface area contributed by atoms with E-state index in [4.69, 9.17) is 4.74 Å². The Labute approximate surface area is 352 Å². The highest BCUT2D eigenvalue weighted by molar-refractivity contribution is 5.89. The molecule has 1 saturated heterocycles. The Morgan fingerprint density at radius 3 is 1.74 bits per heavy atom. The van der Waals surface area contributed by atoms with E-state index in [0.717, 1.165) is 96.9 Å². The van der Waals surface area contributed by atoms with Crippen LogP contribution >= 0.6 is 0 Å². The quantitative estimate of drug-likeness (QED) is 0.0297. The number of likely N-dealkylation sites (N-methyl/N-ethyl adjacent to an activating group) is 1. The summed E-state index contributed by atoms with van der Waals surface area (Å²) in [6.45, 7) is 9.38. The number of allylic oxidation sites excluding steroid dienone is 2. The average Bonchev–Trinajstić information content (AvgIpc) is 3.49. The molecule has 0 aromatic rings. The number of esters is 1. The fourth-order valence-electron chi connectivity index (χ4n) is 8.55. The van der Waals surface area contributed by atoms with Gasteiger partial charge in [-0.2, -0.15) is 0 Å². The van der Waals surface area contributed by atoms with Gasteiger partial charge in [-0.3, -0.25) is 19.3 Å². The summed E-state index contributed by atoms with van der Waals surface area (Å²) >= 11 is 0. The van der Waals surface area contributed by atoms with Crippen LogP contribution in [0.5, 0.6) is 0 Å². The summed E-state index contributed by atoms with van der Waals surface area (Å²) < 4.78 is 5.63. The van der Waals surface area contributed by atoms with Crippen molar-refractivity contribution in [1.82, 2.24) is 20.0 Å². The molecular formula is C49H92N4O4. The number of piperazine rings is 1. The lowest BCUT2D eigenvalue weighted by molar-refractivity contribution is -0.154. The largest absolute Gasteiger partial charge is 0.456 e. The molecule has 2 rings (SSSR count). The van der Waals surface area contributed by atoms with Crippen molar-refractivity contribution in [2.24, 2.45) is 0 Å². The van der Waals surface area contributed by atoms with E-state index in [2.05, 4.69) is 48.2 Å². The number of hydrogen-bond acceptors (Lipinski definition) is 6. The smallest absolute Gasteiger partial charge is 0.306 e. The minimum Gasteiger partial charge on any atom is -0.456 e. The van der Waals surface area contributed by atoms with E-state index < -0.39 is 6.04 Å². The van der Waals surface area contributed by atoms with Crippen LogP contribution in [0.15, 0.2) is 12.2 Å². The molecule has 0 radical (unpaired) electrons. The molecule has 332 valence electrons. The van der Waals surface area contributed by atoms with Crippen molar-refractivity contribution in [2.45, 2.75) is 231 Å². The molecule has 1 aliphatic carbocycles. The summed E-state index contributed by atoms with van der Waals surface area (Å²) in [5.74, 6) is -0.538. The molecule has 0 aromatic carbocycles. The van der Waals surface area contributed by atoms with Gasteiger partial charge >= 0.3 is 5.97 Å². The molecule has 1 aliphatic heterocycles. The fourth-order valence-corrected chi connectivity index (χ4v) is 8.55.